The van der Waals surface area contributed by atoms with Crippen molar-refractivity contribution in [2.75, 3.05) is 0 Å². The fraction of sp³-hybridized carbons (Fsp3) is 0.235. The van der Waals surface area contributed by atoms with Crippen molar-refractivity contribution in [3.63, 3.8) is 0 Å². The maximum Gasteiger partial charge on any atom is 0.273 e. The zero-order valence-electron chi connectivity index (χ0n) is 12.3. The number of carbonyl (C=O) groups excluding carboxylic acids is 1. The summed E-state index contributed by atoms with van der Waals surface area (Å²) < 4.78 is 0. The third-order valence-corrected chi connectivity index (χ3v) is 3.58. The molecule has 0 spiro atoms. The largest absolute Gasteiger partial charge is 0.294 e. The van der Waals surface area contributed by atoms with E-state index in [1.807, 2.05) is 32.0 Å². The van der Waals surface area contributed by atoms with Gasteiger partial charge in [0, 0.05) is 23.6 Å². The SMILES string of the molecule is Cc1ccc(C)c(CC(=O)c2ccc(C)c([N+](=O)[O-])c2)c1. The lowest BCUT2D eigenvalue weighted by atomic mass is 9.97. The maximum absolute atomic E-state index is 12.3. The van der Waals surface area contributed by atoms with Gasteiger partial charge >= 0.3 is 0 Å². The highest BCUT2D eigenvalue weighted by atomic mass is 16.6. The van der Waals surface area contributed by atoms with Crippen LogP contribution in [-0.4, -0.2) is 10.7 Å². The number of hydrogen-bond acceptors (Lipinski definition) is 3. The Bertz CT molecular complexity index is 720. The number of hydrogen-bond donors (Lipinski definition) is 0. The van der Waals surface area contributed by atoms with Crippen molar-refractivity contribution in [1.82, 2.24) is 0 Å². The molecule has 2 aromatic rings. The van der Waals surface area contributed by atoms with E-state index in [1.54, 1.807) is 19.1 Å². The van der Waals surface area contributed by atoms with E-state index in [2.05, 4.69) is 0 Å². The summed E-state index contributed by atoms with van der Waals surface area (Å²) in [5.41, 5.74) is 4.04. The first-order valence-corrected chi connectivity index (χ1v) is 6.73. The second-order valence-corrected chi connectivity index (χ2v) is 5.29. The van der Waals surface area contributed by atoms with E-state index in [0.29, 0.717) is 11.1 Å². The molecule has 0 aromatic heterocycles. The first-order chi connectivity index (χ1) is 9.88. The van der Waals surface area contributed by atoms with Gasteiger partial charge in [0.2, 0.25) is 0 Å². The Morgan fingerprint density at radius 3 is 2.38 bits per heavy atom. The lowest BCUT2D eigenvalue weighted by Crippen LogP contribution is -2.06. The molecule has 0 amide bonds. The molecule has 0 saturated heterocycles. The van der Waals surface area contributed by atoms with Crippen molar-refractivity contribution in [3.05, 3.63) is 74.3 Å². The Morgan fingerprint density at radius 1 is 1.05 bits per heavy atom. The molecular formula is C17H17NO3. The summed E-state index contributed by atoms with van der Waals surface area (Å²) in [6.07, 6.45) is 0.258. The Labute approximate surface area is 123 Å². The summed E-state index contributed by atoms with van der Waals surface area (Å²) in [6, 6.07) is 10.6. The van der Waals surface area contributed by atoms with E-state index in [0.717, 1.165) is 16.7 Å². The first kappa shape index (κ1) is 14.9. The van der Waals surface area contributed by atoms with Crippen molar-refractivity contribution in [3.8, 4) is 0 Å². The zero-order chi connectivity index (χ0) is 15.6. The van der Waals surface area contributed by atoms with E-state index in [9.17, 15) is 14.9 Å². The summed E-state index contributed by atoms with van der Waals surface area (Å²) >= 11 is 0. The van der Waals surface area contributed by atoms with E-state index in [1.165, 1.54) is 6.07 Å². The average Bonchev–Trinajstić information content (AvgIpc) is 2.43. The zero-order valence-corrected chi connectivity index (χ0v) is 12.3. The van der Waals surface area contributed by atoms with Gasteiger partial charge in [0.25, 0.3) is 5.69 Å². The van der Waals surface area contributed by atoms with E-state index in [4.69, 9.17) is 0 Å². The minimum Gasteiger partial charge on any atom is -0.294 e. The molecule has 4 nitrogen and oxygen atoms in total. The molecule has 0 N–H and O–H groups in total. The van der Waals surface area contributed by atoms with Crippen molar-refractivity contribution in [2.45, 2.75) is 27.2 Å². The molecule has 0 bridgehead atoms. The molecule has 0 saturated carbocycles. The number of nitro groups is 1. The molecule has 0 fully saturated rings. The molecule has 21 heavy (non-hydrogen) atoms. The monoisotopic (exact) mass is 283 g/mol. The standard InChI is InChI=1S/C17H17NO3/c1-11-4-5-12(2)15(8-11)10-17(19)14-7-6-13(3)16(9-14)18(20)21/h4-9H,10H2,1-3H3. The van der Waals surface area contributed by atoms with Crippen LogP contribution in [0.5, 0.6) is 0 Å². The number of nitrogens with zero attached hydrogens (tertiary/aromatic N) is 1. The average molecular weight is 283 g/mol. The molecular weight excluding hydrogens is 266 g/mol. The van der Waals surface area contributed by atoms with Gasteiger partial charge in [0.05, 0.1) is 4.92 Å². The number of rotatable bonds is 4. The molecule has 0 heterocycles. The molecule has 0 aliphatic heterocycles. The molecule has 4 heteroatoms. The highest BCUT2D eigenvalue weighted by molar-refractivity contribution is 5.98. The fourth-order valence-electron chi connectivity index (χ4n) is 2.25. The summed E-state index contributed by atoms with van der Waals surface area (Å²) in [4.78, 5) is 22.8. The summed E-state index contributed by atoms with van der Waals surface area (Å²) in [6.45, 7) is 5.60. The predicted octanol–water partition coefficient (Wildman–Crippen LogP) is 3.95. The second kappa shape index (κ2) is 5.87. The van der Waals surface area contributed by atoms with Crippen LogP contribution in [-0.2, 0) is 6.42 Å². The quantitative estimate of drug-likeness (QED) is 0.485. The Kier molecular flexibility index (Phi) is 4.17. The third-order valence-electron chi connectivity index (χ3n) is 3.58. The van der Waals surface area contributed by atoms with Gasteiger partial charge in [-0.3, -0.25) is 14.9 Å². The number of aryl methyl sites for hydroxylation is 3. The van der Waals surface area contributed by atoms with Gasteiger partial charge in [-0.15, -0.1) is 0 Å². The van der Waals surface area contributed by atoms with Crippen LogP contribution >= 0.6 is 0 Å². The Balaban J connectivity index is 2.30. The summed E-state index contributed by atoms with van der Waals surface area (Å²) in [5.74, 6) is -0.105. The van der Waals surface area contributed by atoms with Crippen molar-refractivity contribution < 1.29 is 9.72 Å². The topological polar surface area (TPSA) is 60.2 Å². The Hall–Kier alpha value is -2.49. The molecule has 0 aliphatic carbocycles. The minimum absolute atomic E-state index is 0.0122. The minimum atomic E-state index is -0.454. The van der Waals surface area contributed by atoms with Crippen LogP contribution in [0.1, 0.15) is 32.6 Å². The van der Waals surface area contributed by atoms with Gasteiger partial charge in [-0.1, -0.05) is 35.9 Å². The number of benzene rings is 2. The first-order valence-electron chi connectivity index (χ1n) is 6.73. The summed E-state index contributed by atoms with van der Waals surface area (Å²) in [5, 5.41) is 10.9. The Morgan fingerprint density at radius 2 is 1.71 bits per heavy atom. The molecule has 0 aliphatic rings. The van der Waals surface area contributed by atoms with Crippen LogP contribution in [0.15, 0.2) is 36.4 Å². The van der Waals surface area contributed by atoms with Crippen molar-refractivity contribution >= 4 is 11.5 Å². The van der Waals surface area contributed by atoms with Crippen molar-refractivity contribution in [1.29, 1.82) is 0 Å². The van der Waals surface area contributed by atoms with Crippen LogP contribution < -0.4 is 0 Å². The highest BCUT2D eigenvalue weighted by Crippen LogP contribution is 2.21. The van der Waals surface area contributed by atoms with Gasteiger partial charge in [0.1, 0.15) is 0 Å². The van der Waals surface area contributed by atoms with Gasteiger partial charge in [0.15, 0.2) is 5.78 Å². The number of nitro benzene ring substituents is 1. The lowest BCUT2D eigenvalue weighted by Gasteiger charge is -2.07. The fourth-order valence-corrected chi connectivity index (χ4v) is 2.25. The number of carbonyl (C=O) groups is 1. The molecule has 2 rings (SSSR count). The molecule has 0 radical (unpaired) electrons. The smallest absolute Gasteiger partial charge is 0.273 e. The third kappa shape index (κ3) is 3.34. The molecule has 0 atom stereocenters. The van der Waals surface area contributed by atoms with Gasteiger partial charge in [-0.05, 0) is 31.9 Å². The van der Waals surface area contributed by atoms with Crippen LogP contribution in [0.25, 0.3) is 0 Å². The predicted molar refractivity (Wildman–Crippen MR) is 81.8 cm³/mol. The van der Waals surface area contributed by atoms with E-state index < -0.39 is 4.92 Å². The molecule has 108 valence electrons. The second-order valence-electron chi connectivity index (χ2n) is 5.29. The van der Waals surface area contributed by atoms with Crippen LogP contribution in [0, 0.1) is 30.9 Å². The van der Waals surface area contributed by atoms with Gasteiger partial charge in [-0.25, -0.2) is 0 Å². The van der Waals surface area contributed by atoms with Gasteiger partial charge < -0.3 is 0 Å². The van der Waals surface area contributed by atoms with Crippen molar-refractivity contribution in [2.24, 2.45) is 0 Å². The normalized spacial score (nSPS) is 10.4. The van der Waals surface area contributed by atoms with Crippen LogP contribution in [0.2, 0.25) is 0 Å². The number of ketones is 1. The van der Waals surface area contributed by atoms with Crippen LogP contribution in [0.4, 0.5) is 5.69 Å². The lowest BCUT2D eigenvalue weighted by molar-refractivity contribution is -0.385. The maximum atomic E-state index is 12.3. The summed E-state index contributed by atoms with van der Waals surface area (Å²) in [7, 11) is 0. The van der Waals surface area contributed by atoms with Crippen LogP contribution in [0.3, 0.4) is 0 Å². The number of Topliss-reactive ketones (excluding diaryl/α,β-unsaturated/α-hetero) is 1. The van der Waals surface area contributed by atoms with Gasteiger partial charge in [-0.2, -0.15) is 0 Å². The highest BCUT2D eigenvalue weighted by Gasteiger charge is 2.15. The molecule has 2 aromatic carbocycles. The van der Waals surface area contributed by atoms with E-state index >= 15 is 0 Å². The van der Waals surface area contributed by atoms with E-state index in [-0.39, 0.29) is 17.9 Å². The molecule has 0 unspecified atom stereocenters.